The molecule has 3 heteroatoms. The van der Waals surface area contributed by atoms with E-state index in [0.717, 1.165) is 16.6 Å². The molecule has 0 N–H and O–H groups in total. The van der Waals surface area contributed by atoms with Crippen LogP contribution < -0.4 is 0 Å². The second-order valence-corrected chi connectivity index (χ2v) is 3.63. The first-order chi connectivity index (χ1) is 7.84. The standard InChI is InChI=1S/C13H10N2O/c1-9-10-5-2-3-6-11(10)15-13(14-9)12-7-4-8-16-12/h2-8H,1H3. The van der Waals surface area contributed by atoms with Gasteiger partial charge in [0.1, 0.15) is 0 Å². The molecule has 0 saturated carbocycles. The minimum absolute atomic E-state index is 0.640. The third-order valence-corrected chi connectivity index (χ3v) is 2.54. The molecular formula is C13H10N2O. The maximum atomic E-state index is 5.30. The molecule has 3 rings (SSSR count). The lowest BCUT2D eigenvalue weighted by atomic mass is 10.2. The molecular weight excluding hydrogens is 200 g/mol. The number of nitrogens with zero attached hydrogens (tertiary/aromatic N) is 2. The summed E-state index contributed by atoms with van der Waals surface area (Å²) in [4.78, 5) is 8.91. The molecule has 0 atom stereocenters. The van der Waals surface area contributed by atoms with Crippen molar-refractivity contribution in [2.75, 3.05) is 0 Å². The average Bonchev–Trinajstić information content (AvgIpc) is 2.82. The Morgan fingerprint density at radius 3 is 2.69 bits per heavy atom. The molecule has 0 amide bonds. The van der Waals surface area contributed by atoms with Gasteiger partial charge < -0.3 is 4.42 Å². The van der Waals surface area contributed by atoms with Crippen LogP contribution in [0.3, 0.4) is 0 Å². The lowest BCUT2D eigenvalue weighted by molar-refractivity contribution is 0.577. The van der Waals surface area contributed by atoms with Gasteiger partial charge >= 0.3 is 0 Å². The van der Waals surface area contributed by atoms with Crippen LogP contribution >= 0.6 is 0 Å². The fraction of sp³-hybridized carbons (Fsp3) is 0.0769. The largest absolute Gasteiger partial charge is 0.461 e. The summed E-state index contributed by atoms with van der Waals surface area (Å²) in [6, 6.07) is 11.7. The van der Waals surface area contributed by atoms with Crippen molar-refractivity contribution in [2.45, 2.75) is 6.92 Å². The Morgan fingerprint density at radius 1 is 1.00 bits per heavy atom. The van der Waals surface area contributed by atoms with E-state index < -0.39 is 0 Å². The van der Waals surface area contributed by atoms with Gasteiger partial charge in [0.15, 0.2) is 11.6 Å². The predicted octanol–water partition coefficient (Wildman–Crippen LogP) is 3.20. The Balaban J connectivity index is 2.29. The van der Waals surface area contributed by atoms with Crippen molar-refractivity contribution in [3.05, 3.63) is 48.4 Å². The topological polar surface area (TPSA) is 38.9 Å². The zero-order valence-corrected chi connectivity index (χ0v) is 8.84. The van der Waals surface area contributed by atoms with Crippen LogP contribution in [0.1, 0.15) is 5.69 Å². The molecule has 2 heterocycles. The van der Waals surface area contributed by atoms with Gasteiger partial charge in [-0.3, -0.25) is 0 Å². The highest BCUT2D eigenvalue weighted by molar-refractivity contribution is 5.82. The summed E-state index contributed by atoms with van der Waals surface area (Å²) >= 11 is 0. The molecule has 0 aliphatic rings. The van der Waals surface area contributed by atoms with Crippen molar-refractivity contribution >= 4 is 10.9 Å². The summed E-state index contributed by atoms with van der Waals surface area (Å²) in [5.41, 5.74) is 1.92. The predicted molar refractivity (Wildman–Crippen MR) is 62.0 cm³/mol. The van der Waals surface area contributed by atoms with Crippen LogP contribution in [0.5, 0.6) is 0 Å². The van der Waals surface area contributed by atoms with Gasteiger partial charge in [-0.2, -0.15) is 0 Å². The highest BCUT2D eigenvalue weighted by atomic mass is 16.3. The van der Waals surface area contributed by atoms with Crippen molar-refractivity contribution < 1.29 is 4.42 Å². The lowest BCUT2D eigenvalue weighted by Gasteiger charge is -2.02. The molecule has 2 aromatic heterocycles. The Hall–Kier alpha value is -2.16. The highest BCUT2D eigenvalue weighted by Gasteiger charge is 2.07. The van der Waals surface area contributed by atoms with Crippen LogP contribution in [-0.2, 0) is 0 Å². The van der Waals surface area contributed by atoms with Gasteiger partial charge in [0.2, 0.25) is 0 Å². The van der Waals surface area contributed by atoms with Crippen LogP contribution in [0.15, 0.2) is 47.1 Å². The van der Waals surface area contributed by atoms with E-state index >= 15 is 0 Å². The fourth-order valence-electron chi connectivity index (χ4n) is 1.75. The van der Waals surface area contributed by atoms with Crippen molar-refractivity contribution in [3.63, 3.8) is 0 Å². The van der Waals surface area contributed by atoms with Crippen LogP contribution in [0.2, 0.25) is 0 Å². The number of rotatable bonds is 1. The van der Waals surface area contributed by atoms with Gasteiger partial charge in [0.05, 0.1) is 11.8 Å². The molecule has 0 fully saturated rings. The number of para-hydroxylation sites is 1. The Kier molecular flexibility index (Phi) is 1.96. The molecule has 1 aromatic carbocycles. The fourth-order valence-corrected chi connectivity index (χ4v) is 1.75. The summed E-state index contributed by atoms with van der Waals surface area (Å²) in [6.07, 6.45) is 1.63. The van der Waals surface area contributed by atoms with E-state index in [2.05, 4.69) is 9.97 Å². The van der Waals surface area contributed by atoms with E-state index in [4.69, 9.17) is 4.42 Å². The average molecular weight is 210 g/mol. The molecule has 0 unspecified atom stereocenters. The minimum Gasteiger partial charge on any atom is -0.461 e. The number of benzene rings is 1. The van der Waals surface area contributed by atoms with Crippen molar-refractivity contribution in [2.24, 2.45) is 0 Å². The normalized spacial score (nSPS) is 10.8. The lowest BCUT2D eigenvalue weighted by Crippen LogP contribution is -1.92. The van der Waals surface area contributed by atoms with Crippen molar-refractivity contribution in [1.29, 1.82) is 0 Å². The van der Waals surface area contributed by atoms with E-state index in [9.17, 15) is 0 Å². The van der Waals surface area contributed by atoms with Gasteiger partial charge in [-0.1, -0.05) is 18.2 Å². The quantitative estimate of drug-likeness (QED) is 0.619. The van der Waals surface area contributed by atoms with Gasteiger partial charge in [-0.15, -0.1) is 0 Å². The van der Waals surface area contributed by atoms with E-state index in [0.29, 0.717) is 11.6 Å². The molecule has 0 aliphatic carbocycles. The van der Waals surface area contributed by atoms with Gasteiger partial charge in [-0.25, -0.2) is 9.97 Å². The first-order valence-corrected chi connectivity index (χ1v) is 5.12. The SMILES string of the molecule is Cc1nc(-c2ccco2)nc2ccccc12. The molecule has 0 radical (unpaired) electrons. The number of furan rings is 1. The number of aryl methyl sites for hydroxylation is 1. The van der Waals surface area contributed by atoms with Crippen LogP contribution in [0, 0.1) is 6.92 Å². The molecule has 0 aliphatic heterocycles. The zero-order valence-electron chi connectivity index (χ0n) is 8.84. The molecule has 16 heavy (non-hydrogen) atoms. The second-order valence-electron chi connectivity index (χ2n) is 3.63. The minimum atomic E-state index is 0.640. The van der Waals surface area contributed by atoms with Gasteiger partial charge in [-0.05, 0) is 25.1 Å². The smallest absolute Gasteiger partial charge is 0.196 e. The zero-order chi connectivity index (χ0) is 11.0. The first-order valence-electron chi connectivity index (χ1n) is 5.12. The maximum Gasteiger partial charge on any atom is 0.196 e. The second kappa shape index (κ2) is 3.45. The monoisotopic (exact) mass is 210 g/mol. The number of hydrogen-bond donors (Lipinski definition) is 0. The van der Waals surface area contributed by atoms with E-state index in [1.807, 2.05) is 43.3 Å². The molecule has 0 spiro atoms. The molecule has 3 nitrogen and oxygen atoms in total. The third kappa shape index (κ3) is 1.37. The van der Waals surface area contributed by atoms with Crippen molar-refractivity contribution in [3.8, 4) is 11.6 Å². The van der Waals surface area contributed by atoms with Gasteiger partial charge in [0.25, 0.3) is 0 Å². The summed E-state index contributed by atoms with van der Waals surface area (Å²) in [5, 5.41) is 1.08. The molecule has 0 bridgehead atoms. The molecule has 78 valence electrons. The van der Waals surface area contributed by atoms with E-state index in [1.54, 1.807) is 6.26 Å². The highest BCUT2D eigenvalue weighted by Crippen LogP contribution is 2.21. The van der Waals surface area contributed by atoms with E-state index in [-0.39, 0.29) is 0 Å². The Bertz CT molecular complexity index is 629. The van der Waals surface area contributed by atoms with Crippen LogP contribution in [-0.4, -0.2) is 9.97 Å². The van der Waals surface area contributed by atoms with E-state index in [1.165, 1.54) is 0 Å². The summed E-state index contributed by atoms with van der Waals surface area (Å²) < 4.78 is 5.30. The van der Waals surface area contributed by atoms with Crippen molar-refractivity contribution in [1.82, 2.24) is 9.97 Å². The summed E-state index contributed by atoms with van der Waals surface area (Å²) in [7, 11) is 0. The van der Waals surface area contributed by atoms with Crippen LogP contribution in [0.4, 0.5) is 0 Å². The first kappa shape index (κ1) is 9.09. The summed E-state index contributed by atoms with van der Waals surface area (Å²) in [6.45, 7) is 1.98. The summed E-state index contributed by atoms with van der Waals surface area (Å²) in [5.74, 6) is 1.34. The molecule has 3 aromatic rings. The number of aromatic nitrogens is 2. The molecule has 0 saturated heterocycles. The Labute approximate surface area is 92.8 Å². The van der Waals surface area contributed by atoms with Crippen LogP contribution in [0.25, 0.3) is 22.5 Å². The Morgan fingerprint density at radius 2 is 1.88 bits per heavy atom. The number of hydrogen-bond acceptors (Lipinski definition) is 3. The maximum absolute atomic E-state index is 5.30. The number of fused-ring (bicyclic) bond motifs is 1. The third-order valence-electron chi connectivity index (χ3n) is 2.54. The van der Waals surface area contributed by atoms with Gasteiger partial charge in [0, 0.05) is 11.1 Å².